The van der Waals surface area contributed by atoms with E-state index >= 15 is 0 Å². The SMILES string of the molecule is Cc1nc(N2CCn3c(nnc3C(F)(F)F)C2)sc1C=O. The fourth-order valence-corrected chi connectivity index (χ4v) is 3.07. The summed E-state index contributed by atoms with van der Waals surface area (Å²) in [6.45, 7) is 2.40. The Kier molecular flexibility index (Phi) is 3.19. The number of nitrogens with zero attached hydrogens (tertiary/aromatic N) is 5. The van der Waals surface area contributed by atoms with Crippen LogP contribution < -0.4 is 4.90 Å². The molecule has 0 bridgehead atoms. The molecular weight excluding hydrogens is 307 g/mol. The van der Waals surface area contributed by atoms with Gasteiger partial charge in [0.05, 0.1) is 17.1 Å². The molecule has 6 nitrogen and oxygen atoms in total. The molecule has 0 aromatic carbocycles. The van der Waals surface area contributed by atoms with Gasteiger partial charge in [0.15, 0.2) is 17.2 Å². The summed E-state index contributed by atoms with van der Waals surface area (Å²) in [5.74, 6) is -0.727. The molecule has 1 aliphatic heterocycles. The van der Waals surface area contributed by atoms with Crippen molar-refractivity contribution in [2.24, 2.45) is 0 Å². The van der Waals surface area contributed by atoms with E-state index in [9.17, 15) is 18.0 Å². The van der Waals surface area contributed by atoms with Crippen molar-refractivity contribution in [2.75, 3.05) is 11.4 Å². The second-order valence-corrected chi connectivity index (χ2v) is 5.58. The van der Waals surface area contributed by atoms with Crippen molar-refractivity contribution in [3.63, 3.8) is 0 Å². The Morgan fingerprint density at radius 1 is 1.29 bits per heavy atom. The minimum atomic E-state index is -4.50. The molecule has 0 N–H and O–H groups in total. The molecule has 21 heavy (non-hydrogen) atoms. The number of aryl methyl sites for hydroxylation is 1. The van der Waals surface area contributed by atoms with E-state index in [1.54, 1.807) is 11.8 Å². The quantitative estimate of drug-likeness (QED) is 0.792. The Morgan fingerprint density at radius 2 is 2.05 bits per heavy atom. The number of fused-ring (bicyclic) bond motifs is 1. The first kappa shape index (κ1) is 14.0. The van der Waals surface area contributed by atoms with E-state index in [4.69, 9.17) is 0 Å². The van der Waals surface area contributed by atoms with Crippen LogP contribution in [0.4, 0.5) is 18.3 Å². The number of alkyl halides is 3. The van der Waals surface area contributed by atoms with Crippen LogP contribution in [0.5, 0.6) is 0 Å². The Bertz CT molecular complexity index is 693. The average molecular weight is 317 g/mol. The summed E-state index contributed by atoms with van der Waals surface area (Å²) < 4.78 is 39.3. The van der Waals surface area contributed by atoms with Crippen LogP contribution in [0.1, 0.15) is 27.0 Å². The molecule has 0 unspecified atom stereocenters. The summed E-state index contributed by atoms with van der Waals surface area (Å²) in [5, 5.41) is 7.44. The molecule has 0 aliphatic carbocycles. The molecule has 2 aromatic rings. The maximum Gasteiger partial charge on any atom is 0.451 e. The minimum absolute atomic E-state index is 0.131. The molecule has 2 aromatic heterocycles. The highest BCUT2D eigenvalue weighted by Crippen LogP contribution is 2.31. The first-order chi connectivity index (χ1) is 9.90. The van der Waals surface area contributed by atoms with Crippen LogP contribution in [0.2, 0.25) is 0 Å². The third-order valence-corrected chi connectivity index (χ3v) is 4.35. The van der Waals surface area contributed by atoms with E-state index in [2.05, 4.69) is 15.2 Å². The van der Waals surface area contributed by atoms with Crippen LogP contribution in [-0.4, -0.2) is 32.6 Å². The van der Waals surface area contributed by atoms with Crippen LogP contribution in [0.15, 0.2) is 0 Å². The lowest BCUT2D eigenvalue weighted by Crippen LogP contribution is -2.35. The van der Waals surface area contributed by atoms with Gasteiger partial charge in [-0.3, -0.25) is 4.79 Å². The standard InChI is InChI=1S/C11H10F3N5OS/c1-6-7(5-20)21-10(15-6)18-2-3-19-8(4-18)16-17-9(19)11(12,13)14/h5H,2-4H2,1H3. The van der Waals surface area contributed by atoms with E-state index in [1.807, 2.05) is 0 Å². The molecule has 0 saturated heterocycles. The van der Waals surface area contributed by atoms with E-state index in [1.165, 1.54) is 11.3 Å². The molecule has 0 radical (unpaired) electrons. The lowest BCUT2D eigenvalue weighted by Gasteiger charge is -2.27. The van der Waals surface area contributed by atoms with Gasteiger partial charge in [-0.1, -0.05) is 11.3 Å². The lowest BCUT2D eigenvalue weighted by molar-refractivity contribution is -0.147. The first-order valence-corrected chi connectivity index (χ1v) is 6.88. The smallest absolute Gasteiger partial charge is 0.339 e. The van der Waals surface area contributed by atoms with E-state index in [0.29, 0.717) is 22.2 Å². The number of halogens is 3. The van der Waals surface area contributed by atoms with Crippen molar-refractivity contribution < 1.29 is 18.0 Å². The van der Waals surface area contributed by atoms with Crippen LogP contribution in [0.25, 0.3) is 0 Å². The summed E-state index contributed by atoms with van der Waals surface area (Å²) in [6.07, 6.45) is -3.78. The van der Waals surface area contributed by atoms with E-state index in [0.717, 1.165) is 10.9 Å². The minimum Gasteiger partial charge on any atom is -0.339 e. The van der Waals surface area contributed by atoms with Crippen LogP contribution >= 0.6 is 11.3 Å². The van der Waals surface area contributed by atoms with Gasteiger partial charge in [-0.05, 0) is 6.92 Å². The molecule has 0 saturated carbocycles. The van der Waals surface area contributed by atoms with Gasteiger partial charge in [0.1, 0.15) is 0 Å². The van der Waals surface area contributed by atoms with Gasteiger partial charge in [0, 0.05) is 13.1 Å². The molecule has 3 heterocycles. The van der Waals surface area contributed by atoms with Crippen molar-refractivity contribution in [2.45, 2.75) is 26.2 Å². The molecule has 10 heteroatoms. The Balaban J connectivity index is 1.88. The molecule has 0 atom stereocenters. The first-order valence-electron chi connectivity index (χ1n) is 6.07. The maximum atomic E-state index is 12.7. The summed E-state index contributed by atoms with van der Waals surface area (Å²) >= 11 is 1.22. The second-order valence-electron chi connectivity index (χ2n) is 4.57. The highest BCUT2D eigenvalue weighted by atomic mass is 32.1. The van der Waals surface area contributed by atoms with Gasteiger partial charge in [0.2, 0.25) is 5.82 Å². The van der Waals surface area contributed by atoms with Gasteiger partial charge in [-0.2, -0.15) is 13.2 Å². The predicted octanol–water partition coefficient (Wildman–Crippen LogP) is 1.89. The highest BCUT2D eigenvalue weighted by molar-refractivity contribution is 7.17. The van der Waals surface area contributed by atoms with Gasteiger partial charge in [0.25, 0.3) is 0 Å². The fraction of sp³-hybridized carbons (Fsp3) is 0.455. The van der Waals surface area contributed by atoms with E-state index in [-0.39, 0.29) is 18.9 Å². The largest absolute Gasteiger partial charge is 0.451 e. The van der Waals surface area contributed by atoms with Crippen LogP contribution in [-0.2, 0) is 19.3 Å². The molecular formula is C11H10F3N5OS. The predicted molar refractivity (Wildman–Crippen MR) is 68.3 cm³/mol. The summed E-state index contributed by atoms with van der Waals surface area (Å²) in [4.78, 5) is 17.4. The zero-order valence-electron chi connectivity index (χ0n) is 10.9. The zero-order valence-corrected chi connectivity index (χ0v) is 11.7. The molecule has 112 valence electrons. The monoisotopic (exact) mass is 317 g/mol. The molecule has 1 aliphatic rings. The summed E-state index contributed by atoms with van der Waals surface area (Å²) in [6, 6.07) is 0. The van der Waals surface area contributed by atoms with E-state index < -0.39 is 12.0 Å². The third kappa shape index (κ3) is 2.39. The van der Waals surface area contributed by atoms with Gasteiger partial charge < -0.3 is 9.47 Å². The van der Waals surface area contributed by atoms with Gasteiger partial charge in [-0.25, -0.2) is 4.98 Å². The van der Waals surface area contributed by atoms with Crippen molar-refractivity contribution in [3.05, 3.63) is 22.2 Å². The normalized spacial score (nSPS) is 15.1. The zero-order chi connectivity index (χ0) is 15.2. The number of aromatic nitrogens is 4. The molecule has 0 spiro atoms. The lowest BCUT2D eigenvalue weighted by atomic mass is 10.3. The number of aldehydes is 1. The van der Waals surface area contributed by atoms with Crippen molar-refractivity contribution >= 4 is 22.8 Å². The Labute approximate surface area is 121 Å². The molecule has 3 rings (SSSR count). The van der Waals surface area contributed by atoms with Crippen LogP contribution in [0.3, 0.4) is 0 Å². The number of carbonyl (C=O) groups is 1. The van der Waals surface area contributed by atoms with Gasteiger partial charge in [-0.15, -0.1) is 10.2 Å². The van der Waals surface area contributed by atoms with Crippen LogP contribution in [0, 0.1) is 6.92 Å². The van der Waals surface area contributed by atoms with Gasteiger partial charge >= 0.3 is 6.18 Å². The van der Waals surface area contributed by atoms with Crippen molar-refractivity contribution in [1.29, 1.82) is 0 Å². The summed E-state index contributed by atoms with van der Waals surface area (Å²) in [7, 11) is 0. The number of rotatable bonds is 2. The topological polar surface area (TPSA) is 63.9 Å². The number of anilines is 1. The highest BCUT2D eigenvalue weighted by Gasteiger charge is 2.39. The molecule has 0 amide bonds. The Hall–Kier alpha value is -1.97. The number of thiazole rings is 1. The maximum absolute atomic E-state index is 12.7. The number of hydrogen-bond donors (Lipinski definition) is 0. The Morgan fingerprint density at radius 3 is 2.67 bits per heavy atom. The fourth-order valence-electron chi connectivity index (χ4n) is 2.17. The number of carbonyl (C=O) groups excluding carboxylic acids is 1. The average Bonchev–Trinajstić information content (AvgIpc) is 3.00. The molecule has 0 fully saturated rings. The third-order valence-electron chi connectivity index (χ3n) is 3.21. The second kappa shape index (κ2) is 4.79. The number of hydrogen-bond acceptors (Lipinski definition) is 6. The van der Waals surface area contributed by atoms with Crippen molar-refractivity contribution in [1.82, 2.24) is 19.7 Å². The summed E-state index contributed by atoms with van der Waals surface area (Å²) in [5.41, 5.74) is 0.619. The van der Waals surface area contributed by atoms with Crippen molar-refractivity contribution in [3.8, 4) is 0 Å².